The lowest BCUT2D eigenvalue weighted by Gasteiger charge is -2.22. The van der Waals surface area contributed by atoms with Gasteiger partial charge in [0.15, 0.2) is 0 Å². The summed E-state index contributed by atoms with van der Waals surface area (Å²) in [6, 6.07) is 7.70. The number of furan rings is 1. The third-order valence-electron chi connectivity index (χ3n) is 4.03. The molecule has 6 nitrogen and oxygen atoms in total. The van der Waals surface area contributed by atoms with Crippen LogP contribution in [0.2, 0.25) is 0 Å². The molecule has 23 heavy (non-hydrogen) atoms. The van der Waals surface area contributed by atoms with Crippen LogP contribution in [-0.2, 0) is 4.79 Å². The van der Waals surface area contributed by atoms with Gasteiger partial charge in [0, 0.05) is 24.4 Å². The number of hydrogen-bond donors (Lipinski definition) is 3. The Hall–Kier alpha value is -2.44. The highest BCUT2D eigenvalue weighted by Crippen LogP contribution is 2.29. The van der Waals surface area contributed by atoms with E-state index in [-0.39, 0.29) is 24.0 Å². The van der Waals surface area contributed by atoms with E-state index in [1.807, 2.05) is 12.1 Å². The summed E-state index contributed by atoms with van der Waals surface area (Å²) in [6.45, 7) is 2.12. The summed E-state index contributed by atoms with van der Waals surface area (Å²) in [4.78, 5) is 16.1. The molecule has 1 saturated heterocycles. The van der Waals surface area contributed by atoms with E-state index < -0.39 is 0 Å². The zero-order valence-electron chi connectivity index (χ0n) is 12.9. The predicted octanol–water partition coefficient (Wildman–Crippen LogP) is 2.01. The average Bonchev–Trinajstić information content (AvgIpc) is 3.23. The number of nitrogens with zero attached hydrogens (tertiary/aromatic N) is 1. The number of carbonyl (C=O) groups excluding carboxylic acids is 1. The number of rotatable bonds is 5. The molecule has 0 saturated carbocycles. The third kappa shape index (κ3) is 3.67. The van der Waals surface area contributed by atoms with Crippen LogP contribution in [0.15, 0.2) is 53.4 Å². The van der Waals surface area contributed by atoms with Crippen molar-refractivity contribution >= 4 is 12.0 Å². The van der Waals surface area contributed by atoms with Crippen molar-refractivity contribution in [3.05, 3.63) is 60.3 Å². The summed E-state index contributed by atoms with van der Waals surface area (Å²) in [6.07, 6.45) is 9.06. The molecule has 3 atom stereocenters. The fourth-order valence-corrected chi connectivity index (χ4v) is 2.85. The standard InChI is InChI=1S/C17H20N4O2/c1-2-14-16(12-7-9-18-10-8-12)20-21-17(14)19-15(22)6-5-13-4-3-11-23-13/h3-11,14,16-17,20-21H,2H2,1H3,(H,19,22)/b6-5+. The van der Waals surface area contributed by atoms with Crippen molar-refractivity contribution in [2.24, 2.45) is 5.92 Å². The first kappa shape index (κ1) is 15.5. The lowest BCUT2D eigenvalue weighted by Crippen LogP contribution is -2.46. The van der Waals surface area contributed by atoms with E-state index in [2.05, 4.69) is 28.1 Å². The zero-order chi connectivity index (χ0) is 16.1. The Labute approximate surface area is 135 Å². The van der Waals surface area contributed by atoms with Gasteiger partial charge in [0.25, 0.3) is 0 Å². The first-order valence-electron chi connectivity index (χ1n) is 7.71. The van der Waals surface area contributed by atoms with Crippen LogP contribution in [0, 0.1) is 5.92 Å². The average molecular weight is 312 g/mol. The van der Waals surface area contributed by atoms with Crippen molar-refractivity contribution in [2.45, 2.75) is 25.6 Å². The van der Waals surface area contributed by atoms with Crippen LogP contribution < -0.4 is 16.2 Å². The molecule has 3 unspecified atom stereocenters. The predicted molar refractivity (Wildman–Crippen MR) is 86.7 cm³/mol. The van der Waals surface area contributed by atoms with E-state index in [0.29, 0.717) is 5.76 Å². The summed E-state index contributed by atoms with van der Waals surface area (Å²) in [5.41, 5.74) is 7.59. The largest absolute Gasteiger partial charge is 0.465 e. The molecule has 3 N–H and O–H groups in total. The van der Waals surface area contributed by atoms with Gasteiger partial charge in [-0.1, -0.05) is 6.92 Å². The van der Waals surface area contributed by atoms with Gasteiger partial charge in [-0.3, -0.25) is 9.78 Å². The van der Waals surface area contributed by atoms with Crippen molar-refractivity contribution in [1.82, 2.24) is 21.2 Å². The molecule has 1 fully saturated rings. The van der Waals surface area contributed by atoms with Crippen molar-refractivity contribution in [1.29, 1.82) is 0 Å². The fraction of sp³-hybridized carbons (Fsp3) is 0.294. The fourth-order valence-electron chi connectivity index (χ4n) is 2.85. The Morgan fingerprint density at radius 3 is 2.87 bits per heavy atom. The SMILES string of the molecule is CCC1C(NC(=O)/C=C/c2ccco2)NNC1c1ccncc1. The molecule has 0 aliphatic carbocycles. The van der Waals surface area contributed by atoms with Gasteiger partial charge >= 0.3 is 0 Å². The lowest BCUT2D eigenvalue weighted by molar-refractivity contribution is -0.117. The normalized spacial score (nSPS) is 24.1. The summed E-state index contributed by atoms with van der Waals surface area (Å²) in [7, 11) is 0. The van der Waals surface area contributed by atoms with Gasteiger partial charge in [0.1, 0.15) is 5.76 Å². The smallest absolute Gasteiger partial charge is 0.245 e. The van der Waals surface area contributed by atoms with Crippen molar-refractivity contribution < 1.29 is 9.21 Å². The summed E-state index contributed by atoms with van der Waals surface area (Å²) in [5.74, 6) is 0.743. The van der Waals surface area contributed by atoms with Gasteiger partial charge < -0.3 is 9.73 Å². The molecule has 0 aromatic carbocycles. The molecule has 0 radical (unpaired) electrons. The first-order chi connectivity index (χ1) is 11.3. The molecule has 2 aromatic heterocycles. The molecule has 3 rings (SSSR count). The maximum atomic E-state index is 12.1. The highest BCUT2D eigenvalue weighted by atomic mass is 16.3. The van der Waals surface area contributed by atoms with Crippen LogP contribution in [-0.4, -0.2) is 17.1 Å². The van der Waals surface area contributed by atoms with Crippen molar-refractivity contribution in [3.8, 4) is 0 Å². The van der Waals surface area contributed by atoms with Gasteiger partial charge in [-0.05, 0) is 42.3 Å². The Morgan fingerprint density at radius 1 is 1.35 bits per heavy atom. The van der Waals surface area contributed by atoms with Gasteiger partial charge in [-0.15, -0.1) is 0 Å². The number of hydrazine groups is 1. The molecule has 0 spiro atoms. The molecule has 2 aromatic rings. The van der Waals surface area contributed by atoms with Gasteiger partial charge in [-0.2, -0.15) is 0 Å². The maximum Gasteiger partial charge on any atom is 0.245 e. The minimum atomic E-state index is -0.158. The summed E-state index contributed by atoms with van der Waals surface area (Å²) < 4.78 is 5.17. The number of nitrogens with one attached hydrogen (secondary N) is 3. The molecule has 1 aliphatic rings. The van der Waals surface area contributed by atoms with Crippen LogP contribution in [0.1, 0.15) is 30.7 Å². The van der Waals surface area contributed by atoms with Crippen LogP contribution in [0.5, 0.6) is 0 Å². The number of aromatic nitrogens is 1. The Kier molecular flexibility index (Phi) is 4.85. The first-order valence-corrected chi connectivity index (χ1v) is 7.71. The Morgan fingerprint density at radius 2 is 2.17 bits per heavy atom. The lowest BCUT2D eigenvalue weighted by atomic mass is 9.91. The Bertz CT molecular complexity index is 654. The third-order valence-corrected chi connectivity index (χ3v) is 4.03. The van der Waals surface area contributed by atoms with Crippen molar-refractivity contribution in [2.75, 3.05) is 0 Å². The van der Waals surface area contributed by atoms with Crippen LogP contribution in [0.4, 0.5) is 0 Å². The second-order valence-electron chi connectivity index (χ2n) is 5.45. The second kappa shape index (κ2) is 7.21. The summed E-state index contributed by atoms with van der Waals surface area (Å²) in [5, 5.41) is 2.99. The maximum absolute atomic E-state index is 12.1. The van der Waals surface area contributed by atoms with E-state index in [1.54, 1.807) is 36.9 Å². The highest BCUT2D eigenvalue weighted by molar-refractivity contribution is 5.91. The molecule has 0 bridgehead atoms. The van der Waals surface area contributed by atoms with E-state index >= 15 is 0 Å². The number of pyridine rings is 1. The minimum Gasteiger partial charge on any atom is -0.465 e. The molecular weight excluding hydrogens is 292 g/mol. The van der Waals surface area contributed by atoms with E-state index in [0.717, 1.165) is 12.0 Å². The number of amides is 1. The van der Waals surface area contributed by atoms with Crippen molar-refractivity contribution in [3.63, 3.8) is 0 Å². The molecular formula is C17H20N4O2. The Balaban J connectivity index is 1.63. The zero-order valence-corrected chi connectivity index (χ0v) is 12.9. The van der Waals surface area contributed by atoms with E-state index in [1.165, 1.54) is 6.08 Å². The number of carbonyl (C=O) groups is 1. The summed E-state index contributed by atoms with van der Waals surface area (Å²) >= 11 is 0. The molecule has 6 heteroatoms. The molecule has 120 valence electrons. The minimum absolute atomic E-state index is 0.132. The van der Waals surface area contributed by atoms with Gasteiger partial charge in [0.2, 0.25) is 5.91 Å². The van der Waals surface area contributed by atoms with E-state index in [4.69, 9.17) is 4.42 Å². The van der Waals surface area contributed by atoms with Gasteiger partial charge in [0.05, 0.1) is 18.5 Å². The van der Waals surface area contributed by atoms with Crippen LogP contribution in [0.3, 0.4) is 0 Å². The van der Waals surface area contributed by atoms with Gasteiger partial charge in [-0.25, -0.2) is 10.9 Å². The van der Waals surface area contributed by atoms with Crippen LogP contribution >= 0.6 is 0 Å². The molecule has 1 aliphatic heterocycles. The quantitative estimate of drug-likeness (QED) is 0.736. The van der Waals surface area contributed by atoms with E-state index in [9.17, 15) is 4.79 Å². The number of hydrogen-bond acceptors (Lipinski definition) is 5. The topological polar surface area (TPSA) is 79.2 Å². The van der Waals surface area contributed by atoms with Crippen LogP contribution in [0.25, 0.3) is 6.08 Å². The monoisotopic (exact) mass is 312 g/mol. The highest BCUT2D eigenvalue weighted by Gasteiger charge is 2.35. The molecule has 3 heterocycles. The second-order valence-corrected chi connectivity index (χ2v) is 5.45. The molecule has 1 amide bonds.